The molecule has 0 bridgehead atoms. The fourth-order valence-corrected chi connectivity index (χ4v) is 4.44. The molecule has 4 rings (SSSR count). The number of hydrogen-bond donors (Lipinski definition) is 2. The zero-order valence-electron chi connectivity index (χ0n) is 17.5. The molecule has 9 nitrogen and oxygen atoms in total. The first-order valence-electron chi connectivity index (χ1n) is 9.90. The van der Waals surface area contributed by atoms with E-state index in [9.17, 15) is 8.42 Å². The minimum absolute atomic E-state index is 0.448. The summed E-state index contributed by atoms with van der Waals surface area (Å²) in [6.45, 7) is 2.07. The molecule has 162 valence electrons. The zero-order chi connectivity index (χ0) is 22.0. The van der Waals surface area contributed by atoms with Crippen molar-refractivity contribution in [2.24, 2.45) is 7.05 Å². The topological polar surface area (TPSA) is 107 Å². The molecule has 0 unspecified atom stereocenters. The lowest BCUT2D eigenvalue weighted by Crippen LogP contribution is -2.48. The van der Waals surface area contributed by atoms with Crippen LogP contribution in [0.2, 0.25) is 0 Å². The van der Waals surface area contributed by atoms with Crippen LogP contribution < -0.4 is 10.2 Å². The lowest BCUT2D eigenvalue weighted by Gasteiger charge is -2.34. The smallest absolute Gasteiger partial charge is 0.211 e. The van der Waals surface area contributed by atoms with Crippen LogP contribution in [0, 0.1) is 5.41 Å². The van der Waals surface area contributed by atoms with Gasteiger partial charge in [0.15, 0.2) is 0 Å². The van der Waals surface area contributed by atoms with Crippen LogP contribution in [-0.4, -0.2) is 66.1 Å². The Kier molecular flexibility index (Phi) is 5.75. The van der Waals surface area contributed by atoms with Gasteiger partial charge in [-0.25, -0.2) is 13.4 Å². The van der Waals surface area contributed by atoms with E-state index in [1.807, 2.05) is 49.8 Å². The largest absolute Gasteiger partial charge is 0.355 e. The van der Waals surface area contributed by atoms with Crippen molar-refractivity contribution >= 4 is 33.4 Å². The van der Waals surface area contributed by atoms with Crippen LogP contribution >= 0.6 is 0 Å². The number of sulfonamides is 1. The molecule has 0 amide bonds. The molecule has 1 fully saturated rings. The van der Waals surface area contributed by atoms with Crippen LogP contribution in [-0.2, 0) is 17.1 Å². The van der Waals surface area contributed by atoms with Crippen LogP contribution in [0.4, 0.5) is 17.2 Å². The molecule has 3 heterocycles. The molecule has 0 atom stereocenters. The van der Waals surface area contributed by atoms with Gasteiger partial charge in [0.05, 0.1) is 12.5 Å². The van der Waals surface area contributed by atoms with E-state index in [0.717, 1.165) is 33.9 Å². The molecule has 1 saturated heterocycles. The summed E-state index contributed by atoms with van der Waals surface area (Å²) in [5.74, 6) is 0.790. The molecule has 0 saturated carbocycles. The molecule has 1 aliphatic rings. The average molecular weight is 440 g/mol. The van der Waals surface area contributed by atoms with E-state index in [0.29, 0.717) is 26.2 Å². The van der Waals surface area contributed by atoms with Crippen molar-refractivity contribution in [2.75, 3.05) is 42.7 Å². The molecule has 1 aromatic carbocycles. The highest BCUT2D eigenvalue weighted by molar-refractivity contribution is 7.88. The molecule has 2 aromatic heterocycles. The number of aryl methyl sites for hydroxylation is 1. The summed E-state index contributed by atoms with van der Waals surface area (Å²) in [6, 6.07) is 9.70. The quantitative estimate of drug-likeness (QED) is 0.571. The van der Waals surface area contributed by atoms with Crippen molar-refractivity contribution < 1.29 is 8.42 Å². The minimum atomic E-state index is -3.17. The van der Waals surface area contributed by atoms with E-state index in [1.54, 1.807) is 10.9 Å². The van der Waals surface area contributed by atoms with Gasteiger partial charge in [-0.05, 0) is 17.7 Å². The second-order valence-electron chi connectivity index (χ2n) is 7.53. The maximum Gasteiger partial charge on any atom is 0.211 e. The van der Waals surface area contributed by atoms with Crippen LogP contribution in [0.3, 0.4) is 0 Å². The summed E-state index contributed by atoms with van der Waals surface area (Å²) >= 11 is 0. The first-order valence-corrected chi connectivity index (χ1v) is 11.7. The number of pyridine rings is 1. The predicted molar refractivity (Wildman–Crippen MR) is 123 cm³/mol. The minimum Gasteiger partial charge on any atom is -0.355 e. The van der Waals surface area contributed by atoms with Gasteiger partial charge in [0.1, 0.15) is 5.82 Å². The Labute approximate surface area is 181 Å². The molecule has 3 aromatic rings. The van der Waals surface area contributed by atoms with Gasteiger partial charge in [0.25, 0.3) is 0 Å². The standard InChI is InChI=1S/C21H25N7O2S/c1-26-15-18(14-24-26)16-3-4-17(13-22)20(11-16)25-19-5-6-23-21(12-19)27-7-9-28(10-8-27)31(2,29)30/h3-6,11-15,22H,7-10H2,1-2H3,(H,23,25). The maximum absolute atomic E-state index is 11.7. The molecule has 31 heavy (non-hydrogen) atoms. The lowest BCUT2D eigenvalue weighted by molar-refractivity contribution is 0.387. The lowest BCUT2D eigenvalue weighted by atomic mass is 10.1. The molecule has 0 radical (unpaired) electrons. The van der Waals surface area contributed by atoms with Gasteiger partial charge in [0.2, 0.25) is 10.0 Å². The van der Waals surface area contributed by atoms with E-state index < -0.39 is 10.0 Å². The second kappa shape index (κ2) is 8.48. The number of hydrogen-bond acceptors (Lipinski definition) is 7. The fourth-order valence-electron chi connectivity index (χ4n) is 3.61. The fraction of sp³-hybridized carbons (Fsp3) is 0.286. The van der Waals surface area contributed by atoms with E-state index in [1.165, 1.54) is 16.8 Å². The van der Waals surface area contributed by atoms with Crippen LogP contribution in [0.5, 0.6) is 0 Å². The van der Waals surface area contributed by atoms with Gasteiger partial charge in [-0.15, -0.1) is 0 Å². The van der Waals surface area contributed by atoms with Crippen molar-refractivity contribution in [3.05, 3.63) is 54.5 Å². The van der Waals surface area contributed by atoms with Gasteiger partial charge in [-0.2, -0.15) is 9.40 Å². The first-order chi connectivity index (χ1) is 14.8. The molecule has 0 spiro atoms. The van der Waals surface area contributed by atoms with Crippen molar-refractivity contribution in [2.45, 2.75) is 0 Å². The number of aromatic nitrogens is 3. The third-order valence-corrected chi connectivity index (χ3v) is 6.61. The number of anilines is 3. The Morgan fingerprint density at radius 2 is 1.87 bits per heavy atom. The number of rotatable bonds is 6. The Balaban J connectivity index is 1.55. The SMILES string of the molecule is Cn1cc(-c2ccc(C=N)c(Nc3ccnc(N4CCN(S(C)(=O)=O)CC4)c3)c2)cn1. The third-order valence-electron chi connectivity index (χ3n) is 5.30. The first kappa shape index (κ1) is 21.0. The summed E-state index contributed by atoms with van der Waals surface area (Å²) in [5.41, 5.74) is 4.44. The predicted octanol–water partition coefficient (Wildman–Crippen LogP) is 2.30. The Morgan fingerprint density at radius 1 is 1.10 bits per heavy atom. The summed E-state index contributed by atoms with van der Waals surface area (Å²) < 4.78 is 26.7. The summed E-state index contributed by atoms with van der Waals surface area (Å²) in [6.07, 6.45) is 8.05. The number of piperazine rings is 1. The summed E-state index contributed by atoms with van der Waals surface area (Å²) in [7, 11) is -1.29. The molecule has 1 aliphatic heterocycles. The monoisotopic (exact) mass is 439 g/mol. The van der Waals surface area contributed by atoms with Crippen molar-refractivity contribution in [1.82, 2.24) is 19.1 Å². The second-order valence-corrected chi connectivity index (χ2v) is 9.51. The Hall–Kier alpha value is -3.24. The van der Waals surface area contributed by atoms with Crippen LogP contribution in [0.1, 0.15) is 5.56 Å². The molecule has 2 N–H and O–H groups in total. The zero-order valence-corrected chi connectivity index (χ0v) is 18.3. The van der Waals surface area contributed by atoms with Gasteiger partial charge in [-0.1, -0.05) is 12.1 Å². The molecular weight excluding hydrogens is 414 g/mol. The van der Waals surface area contributed by atoms with Gasteiger partial charge in [0, 0.05) is 80.4 Å². The number of nitrogens with zero attached hydrogens (tertiary/aromatic N) is 5. The molecule has 0 aliphatic carbocycles. The van der Waals surface area contributed by atoms with Gasteiger partial charge < -0.3 is 15.6 Å². The van der Waals surface area contributed by atoms with E-state index in [-0.39, 0.29) is 0 Å². The van der Waals surface area contributed by atoms with Gasteiger partial charge >= 0.3 is 0 Å². The summed E-state index contributed by atoms with van der Waals surface area (Å²) in [4.78, 5) is 6.54. The van der Waals surface area contributed by atoms with Crippen molar-refractivity contribution in [3.63, 3.8) is 0 Å². The Bertz CT molecular complexity index is 1200. The number of benzene rings is 1. The highest BCUT2D eigenvalue weighted by Gasteiger charge is 2.24. The molecular formula is C21H25N7O2S. The highest BCUT2D eigenvalue weighted by Crippen LogP contribution is 2.28. The number of nitrogens with one attached hydrogen (secondary N) is 2. The van der Waals surface area contributed by atoms with Crippen LogP contribution in [0.15, 0.2) is 48.9 Å². The molecule has 10 heteroatoms. The van der Waals surface area contributed by atoms with E-state index in [2.05, 4.69) is 20.3 Å². The van der Waals surface area contributed by atoms with E-state index in [4.69, 9.17) is 5.41 Å². The highest BCUT2D eigenvalue weighted by atomic mass is 32.2. The van der Waals surface area contributed by atoms with Gasteiger partial charge in [-0.3, -0.25) is 4.68 Å². The normalized spacial score (nSPS) is 15.1. The Morgan fingerprint density at radius 3 is 2.52 bits per heavy atom. The van der Waals surface area contributed by atoms with Crippen LogP contribution in [0.25, 0.3) is 11.1 Å². The maximum atomic E-state index is 11.7. The van der Waals surface area contributed by atoms with E-state index >= 15 is 0 Å². The average Bonchev–Trinajstić information content (AvgIpc) is 3.20. The third kappa shape index (κ3) is 4.75. The van der Waals surface area contributed by atoms with Crippen molar-refractivity contribution in [3.8, 4) is 11.1 Å². The summed E-state index contributed by atoms with van der Waals surface area (Å²) in [5, 5.41) is 15.4. The van der Waals surface area contributed by atoms with Crippen molar-refractivity contribution in [1.29, 1.82) is 5.41 Å².